The van der Waals surface area contributed by atoms with Crippen LogP contribution in [0.5, 0.6) is 5.75 Å². The first-order chi connectivity index (χ1) is 10.4. The largest absolute Gasteiger partial charge is 0.488 e. The lowest BCUT2D eigenvalue weighted by atomic mass is 10.0. The molecule has 0 heterocycles. The number of anilines is 1. The summed E-state index contributed by atoms with van der Waals surface area (Å²) in [6, 6.07) is 3.62. The lowest BCUT2D eigenvalue weighted by Crippen LogP contribution is -2.41. The van der Waals surface area contributed by atoms with Gasteiger partial charge in [0, 0.05) is 25.4 Å². The predicted molar refractivity (Wildman–Crippen MR) is 81.7 cm³/mol. The highest BCUT2D eigenvalue weighted by Gasteiger charge is 2.18. The Morgan fingerprint density at radius 1 is 1.41 bits per heavy atom. The molecule has 3 N–H and O–H groups in total. The Labute approximate surface area is 129 Å². The van der Waals surface area contributed by atoms with Crippen molar-refractivity contribution in [2.75, 3.05) is 32.2 Å². The van der Waals surface area contributed by atoms with Crippen LogP contribution in [0.4, 0.5) is 14.9 Å². The van der Waals surface area contributed by atoms with E-state index in [1.165, 1.54) is 25.3 Å². The average molecular weight is 314 g/mol. The molecule has 0 saturated heterocycles. The summed E-state index contributed by atoms with van der Waals surface area (Å²) in [5.74, 6) is -0.480. The van der Waals surface area contributed by atoms with Gasteiger partial charge >= 0.3 is 6.03 Å². The van der Waals surface area contributed by atoms with E-state index in [9.17, 15) is 14.3 Å². The Bertz CT molecular complexity index is 494. The molecule has 0 aliphatic carbocycles. The number of halogens is 1. The number of hydrogen-bond acceptors (Lipinski definition) is 4. The minimum Gasteiger partial charge on any atom is -0.488 e. The number of hydrogen-bond donors (Lipinski definition) is 3. The first-order valence-corrected chi connectivity index (χ1v) is 7.06. The highest BCUT2D eigenvalue weighted by Crippen LogP contribution is 2.21. The molecule has 1 atom stereocenters. The fourth-order valence-corrected chi connectivity index (χ4v) is 1.50. The van der Waals surface area contributed by atoms with E-state index in [0.717, 1.165) is 0 Å². The molecular formula is C15H23FN2O4. The maximum absolute atomic E-state index is 13.8. The predicted octanol–water partition coefficient (Wildman–Crippen LogP) is 2.13. The smallest absolute Gasteiger partial charge is 0.319 e. The van der Waals surface area contributed by atoms with Crippen molar-refractivity contribution in [1.29, 1.82) is 0 Å². The molecule has 124 valence electrons. The maximum atomic E-state index is 13.8. The van der Waals surface area contributed by atoms with Gasteiger partial charge in [0.15, 0.2) is 11.6 Å². The molecule has 1 aromatic carbocycles. The first-order valence-electron chi connectivity index (χ1n) is 7.06. The van der Waals surface area contributed by atoms with E-state index >= 15 is 0 Å². The second kappa shape index (κ2) is 8.55. The van der Waals surface area contributed by atoms with Gasteiger partial charge in [-0.05, 0) is 25.5 Å². The van der Waals surface area contributed by atoms with Crippen LogP contribution in [0.25, 0.3) is 0 Å². The van der Waals surface area contributed by atoms with Gasteiger partial charge in [0.1, 0.15) is 6.61 Å². The standard InChI is InChI=1S/C15H23FN2O4/c1-4-15(2,20)10-17-14(19)18-11-5-6-13(12(16)9-11)22-8-7-21-3/h5-6,9,20H,4,7-8,10H2,1-3H3,(H2,17,18,19)/t15-/m0/s1. The molecule has 0 aliphatic rings. The van der Waals surface area contributed by atoms with Crippen molar-refractivity contribution < 1.29 is 23.8 Å². The number of aliphatic hydroxyl groups is 1. The molecular weight excluding hydrogens is 291 g/mol. The third-order valence-electron chi connectivity index (χ3n) is 3.13. The van der Waals surface area contributed by atoms with Crippen LogP contribution >= 0.6 is 0 Å². The fraction of sp³-hybridized carbons (Fsp3) is 0.533. The van der Waals surface area contributed by atoms with Crippen LogP contribution in [0.3, 0.4) is 0 Å². The second-order valence-electron chi connectivity index (χ2n) is 5.14. The lowest BCUT2D eigenvalue weighted by Gasteiger charge is -2.21. The zero-order valence-corrected chi connectivity index (χ0v) is 13.1. The number of benzene rings is 1. The normalized spacial score (nSPS) is 13.3. The number of carbonyl (C=O) groups excluding carboxylic acids is 1. The Morgan fingerprint density at radius 3 is 2.73 bits per heavy atom. The third kappa shape index (κ3) is 6.28. The summed E-state index contributed by atoms with van der Waals surface area (Å²) in [4.78, 5) is 11.7. The van der Waals surface area contributed by atoms with Crippen molar-refractivity contribution in [3.8, 4) is 5.75 Å². The molecule has 0 bridgehead atoms. The van der Waals surface area contributed by atoms with Gasteiger partial charge in [-0.3, -0.25) is 0 Å². The van der Waals surface area contributed by atoms with E-state index < -0.39 is 17.4 Å². The molecule has 0 aromatic heterocycles. The van der Waals surface area contributed by atoms with Crippen LogP contribution in [0.2, 0.25) is 0 Å². The average Bonchev–Trinajstić information content (AvgIpc) is 2.48. The molecule has 0 fully saturated rings. The number of methoxy groups -OCH3 is 1. The van der Waals surface area contributed by atoms with E-state index in [0.29, 0.717) is 18.7 Å². The summed E-state index contributed by atoms with van der Waals surface area (Å²) in [7, 11) is 1.53. The SMILES string of the molecule is CC[C@](C)(O)CNC(=O)Nc1ccc(OCCOC)c(F)c1. The summed E-state index contributed by atoms with van der Waals surface area (Å²) >= 11 is 0. The summed E-state index contributed by atoms with van der Waals surface area (Å²) in [6.07, 6.45) is 0.509. The number of amides is 2. The molecule has 0 aliphatic heterocycles. The van der Waals surface area contributed by atoms with Crippen LogP contribution in [-0.4, -0.2) is 43.6 Å². The highest BCUT2D eigenvalue weighted by atomic mass is 19.1. The number of ether oxygens (including phenoxy) is 2. The Balaban J connectivity index is 2.52. The molecule has 1 aromatic rings. The van der Waals surface area contributed by atoms with Gasteiger partial charge in [-0.2, -0.15) is 0 Å². The number of nitrogens with one attached hydrogen (secondary N) is 2. The summed E-state index contributed by atoms with van der Waals surface area (Å²) in [5.41, 5.74) is -0.674. The minimum absolute atomic E-state index is 0.0944. The Morgan fingerprint density at radius 2 is 2.14 bits per heavy atom. The van der Waals surface area contributed by atoms with Crippen LogP contribution in [0.15, 0.2) is 18.2 Å². The third-order valence-corrected chi connectivity index (χ3v) is 3.13. The van der Waals surface area contributed by atoms with Gasteiger partial charge in [0.25, 0.3) is 0 Å². The van der Waals surface area contributed by atoms with Gasteiger partial charge < -0.3 is 25.2 Å². The van der Waals surface area contributed by atoms with Crippen LogP contribution in [-0.2, 0) is 4.74 Å². The van der Waals surface area contributed by atoms with E-state index in [1.54, 1.807) is 6.92 Å². The van der Waals surface area contributed by atoms with Gasteiger partial charge in [0.2, 0.25) is 0 Å². The Hall–Kier alpha value is -1.86. The summed E-state index contributed by atoms with van der Waals surface area (Å²) in [6.45, 7) is 4.15. The second-order valence-corrected chi connectivity index (χ2v) is 5.14. The number of urea groups is 1. The number of rotatable bonds is 8. The Kier molecular flexibility index (Phi) is 7.07. The lowest BCUT2D eigenvalue weighted by molar-refractivity contribution is 0.0587. The molecule has 1 rings (SSSR count). The van der Waals surface area contributed by atoms with Crippen molar-refractivity contribution in [3.63, 3.8) is 0 Å². The zero-order chi connectivity index (χ0) is 16.6. The number of carbonyl (C=O) groups is 1. The molecule has 0 spiro atoms. The highest BCUT2D eigenvalue weighted by molar-refractivity contribution is 5.89. The molecule has 6 nitrogen and oxygen atoms in total. The van der Waals surface area contributed by atoms with Gasteiger partial charge in [-0.25, -0.2) is 9.18 Å². The van der Waals surface area contributed by atoms with Crippen molar-refractivity contribution >= 4 is 11.7 Å². The van der Waals surface area contributed by atoms with Crippen LogP contribution in [0.1, 0.15) is 20.3 Å². The molecule has 22 heavy (non-hydrogen) atoms. The van der Waals surface area contributed by atoms with Gasteiger partial charge in [-0.1, -0.05) is 6.92 Å². The van der Waals surface area contributed by atoms with Crippen molar-refractivity contribution in [3.05, 3.63) is 24.0 Å². The molecule has 7 heteroatoms. The van der Waals surface area contributed by atoms with Crippen LogP contribution < -0.4 is 15.4 Å². The molecule has 2 amide bonds. The quantitative estimate of drug-likeness (QED) is 0.642. The molecule has 0 unspecified atom stereocenters. The van der Waals surface area contributed by atoms with Crippen LogP contribution in [0, 0.1) is 5.82 Å². The van der Waals surface area contributed by atoms with Gasteiger partial charge in [0.05, 0.1) is 12.2 Å². The molecule has 0 radical (unpaired) electrons. The van der Waals surface area contributed by atoms with E-state index in [4.69, 9.17) is 9.47 Å². The maximum Gasteiger partial charge on any atom is 0.319 e. The first kappa shape index (κ1) is 18.2. The summed E-state index contributed by atoms with van der Waals surface area (Å²) < 4.78 is 23.8. The fourth-order valence-electron chi connectivity index (χ4n) is 1.50. The van der Waals surface area contributed by atoms with E-state index in [2.05, 4.69) is 10.6 Å². The summed E-state index contributed by atoms with van der Waals surface area (Å²) in [5, 5.41) is 14.8. The minimum atomic E-state index is -0.971. The monoisotopic (exact) mass is 314 g/mol. The van der Waals surface area contributed by atoms with E-state index in [-0.39, 0.29) is 18.9 Å². The topological polar surface area (TPSA) is 79.8 Å². The van der Waals surface area contributed by atoms with Gasteiger partial charge in [-0.15, -0.1) is 0 Å². The van der Waals surface area contributed by atoms with Crippen molar-refractivity contribution in [1.82, 2.24) is 5.32 Å². The van der Waals surface area contributed by atoms with Crippen molar-refractivity contribution in [2.24, 2.45) is 0 Å². The van der Waals surface area contributed by atoms with E-state index in [1.807, 2.05) is 6.92 Å². The zero-order valence-electron chi connectivity index (χ0n) is 13.1. The van der Waals surface area contributed by atoms with Crippen molar-refractivity contribution in [2.45, 2.75) is 25.9 Å². The molecule has 0 saturated carbocycles.